The first-order valence-corrected chi connectivity index (χ1v) is 9.61. The van der Waals surface area contributed by atoms with Gasteiger partial charge in [0.05, 0.1) is 11.3 Å². The molecule has 0 saturated carbocycles. The molecule has 4 rings (SSSR count). The van der Waals surface area contributed by atoms with Crippen LogP contribution in [0.2, 0.25) is 5.02 Å². The molecule has 30 heavy (non-hydrogen) atoms. The number of nitrogens with zero attached hydrogens (tertiary/aromatic N) is 2. The number of aryl methyl sites for hydroxylation is 1. The van der Waals surface area contributed by atoms with Gasteiger partial charge in [0.2, 0.25) is 0 Å². The summed E-state index contributed by atoms with van der Waals surface area (Å²) < 4.78 is 0. The molecule has 6 heteroatoms. The number of hydrogen-bond donors (Lipinski definition) is 1. The fourth-order valence-corrected chi connectivity index (χ4v) is 3.25. The van der Waals surface area contributed by atoms with Crippen LogP contribution >= 0.6 is 11.6 Å². The third-order valence-corrected chi connectivity index (χ3v) is 4.97. The number of benzene rings is 3. The molecule has 0 aliphatic carbocycles. The number of carboxylic acids is 1. The molecule has 3 aromatic rings. The standard InChI is InChI=1S/C24H17ClN2O3/c1-15-2-12-20(13-3-15)27-22(17-8-10-19(25)11-9-17)26-21(23(27)28)14-16-4-6-18(7-5-16)24(29)30/h2-14H,1H3,(H,29,30)/b21-14+. The van der Waals surface area contributed by atoms with E-state index in [9.17, 15) is 9.59 Å². The largest absolute Gasteiger partial charge is 0.478 e. The highest BCUT2D eigenvalue weighted by Gasteiger charge is 2.32. The molecule has 0 saturated heterocycles. The van der Waals surface area contributed by atoms with E-state index in [1.807, 2.05) is 43.3 Å². The van der Waals surface area contributed by atoms with Gasteiger partial charge >= 0.3 is 5.97 Å². The maximum absolute atomic E-state index is 13.2. The van der Waals surface area contributed by atoms with E-state index in [2.05, 4.69) is 4.99 Å². The van der Waals surface area contributed by atoms with Crippen LogP contribution in [-0.4, -0.2) is 22.8 Å². The summed E-state index contributed by atoms with van der Waals surface area (Å²) in [6.45, 7) is 1.98. The third kappa shape index (κ3) is 3.88. The van der Waals surface area contributed by atoms with Crippen molar-refractivity contribution in [1.82, 2.24) is 0 Å². The number of rotatable bonds is 4. The predicted molar refractivity (Wildman–Crippen MR) is 118 cm³/mol. The lowest BCUT2D eigenvalue weighted by molar-refractivity contribution is -0.113. The first-order chi connectivity index (χ1) is 14.4. The third-order valence-electron chi connectivity index (χ3n) is 4.72. The van der Waals surface area contributed by atoms with E-state index in [1.165, 1.54) is 12.1 Å². The van der Waals surface area contributed by atoms with Crippen LogP contribution in [0.25, 0.3) is 6.08 Å². The number of aromatic carboxylic acids is 1. The Morgan fingerprint density at radius 3 is 2.20 bits per heavy atom. The van der Waals surface area contributed by atoms with E-state index in [0.29, 0.717) is 22.1 Å². The van der Waals surface area contributed by atoms with Crippen LogP contribution in [0.15, 0.2) is 83.5 Å². The lowest BCUT2D eigenvalue weighted by atomic mass is 10.1. The van der Waals surface area contributed by atoms with E-state index in [-0.39, 0.29) is 17.2 Å². The highest BCUT2D eigenvalue weighted by molar-refractivity contribution is 6.34. The second-order valence-electron chi connectivity index (χ2n) is 6.88. The molecular weight excluding hydrogens is 400 g/mol. The van der Waals surface area contributed by atoms with Crippen LogP contribution in [0.3, 0.4) is 0 Å². The Labute approximate surface area is 178 Å². The van der Waals surface area contributed by atoms with Crippen molar-refractivity contribution in [3.8, 4) is 0 Å². The number of carbonyl (C=O) groups excluding carboxylic acids is 1. The Balaban J connectivity index is 1.78. The van der Waals surface area contributed by atoms with Crippen molar-refractivity contribution in [2.75, 3.05) is 4.90 Å². The van der Waals surface area contributed by atoms with E-state index >= 15 is 0 Å². The molecule has 3 aromatic carbocycles. The van der Waals surface area contributed by atoms with Crippen LogP contribution < -0.4 is 4.90 Å². The van der Waals surface area contributed by atoms with Crippen LogP contribution in [0, 0.1) is 6.92 Å². The number of carboxylic acid groups (broad SMARTS) is 1. The lowest BCUT2D eigenvalue weighted by Crippen LogP contribution is -2.32. The first kappa shape index (κ1) is 19.6. The van der Waals surface area contributed by atoms with Crippen LogP contribution in [-0.2, 0) is 4.79 Å². The maximum atomic E-state index is 13.2. The number of amidine groups is 1. The molecule has 0 fully saturated rings. The molecule has 0 aromatic heterocycles. The molecule has 0 bridgehead atoms. The SMILES string of the molecule is Cc1ccc(N2C(=O)/C(=C\c3ccc(C(=O)O)cc3)N=C2c2ccc(Cl)cc2)cc1. The van der Waals surface area contributed by atoms with Crippen molar-refractivity contribution in [2.45, 2.75) is 6.92 Å². The molecule has 0 unspecified atom stereocenters. The number of halogens is 1. The molecule has 1 aliphatic rings. The molecule has 1 aliphatic heterocycles. The van der Waals surface area contributed by atoms with E-state index in [4.69, 9.17) is 16.7 Å². The van der Waals surface area contributed by atoms with Crippen molar-refractivity contribution in [2.24, 2.45) is 4.99 Å². The highest BCUT2D eigenvalue weighted by atomic mass is 35.5. The normalized spacial score (nSPS) is 14.9. The van der Waals surface area contributed by atoms with Crippen molar-refractivity contribution in [3.05, 3.63) is 106 Å². The van der Waals surface area contributed by atoms with Gasteiger partial charge in [-0.25, -0.2) is 9.79 Å². The summed E-state index contributed by atoms with van der Waals surface area (Å²) in [6.07, 6.45) is 1.65. The van der Waals surface area contributed by atoms with Crippen LogP contribution in [0.4, 0.5) is 5.69 Å². The zero-order valence-corrected chi connectivity index (χ0v) is 16.8. The van der Waals surface area contributed by atoms with Gasteiger partial charge in [-0.1, -0.05) is 41.4 Å². The van der Waals surface area contributed by atoms with Gasteiger partial charge in [-0.05, 0) is 67.1 Å². The number of amides is 1. The number of anilines is 1. The van der Waals surface area contributed by atoms with Gasteiger partial charge in [-0.2, -0.15) is 0 Å². The van der Waals surface area contributed by atoms with E-state index in [1.54, 1.807) is 35.2 Å². The van der Waals surface area contributed by atoms with Crippen molar-refractivity contribution in [1.29, 1.82) is 0 Å². The van der Waals surface area contributed by atoms with Crippen molar-refractivity contribution < 1.29 is 14.7 Å². The summed E-state index contributed by atoms with van der Waals surface area (Å²) in [5.41, 5.74) is 3.70. The molecule has 0 atom stereocenters. The zero-order valence-electron chi connectivity index (χ0n) is 16.0. The topological polar surface area (TPSA) is 70.0 Å². The van der Waals surface area contributed by atoms with Gasteiger partial charge < -0.3 is 5.11 Å². The second-order valence-corrected chi connectivity index (χ2v) is 7.31. The van der Waals surface area contributed by atoms with Crippen molar-refractivity contribution >= 4 is 41.1 Å². The van der Waals surface area contributed by atoms with Crippen LogP contribution in [0.1, 0.15) is 27.0 Å². The van der Waals surface area contributed by atoms with Gasteiger partial charge in [0.15, 0.2) is 0 Å². The smallest absolute Gasteiger partial charge is 0.335 e. The number of aliphatic imine (C=N–C) groups is 1. The molecule has 1 amide bonds. The maximum Gasteiger partial charge on any atom is 0.335 e. The van der Waals surface area contributed by atoms with Crippen molar-refractivity contribution in [3.63, 3.8) is 0 Å². The average molecular weight is 417 g/mol. The lowest BCUT2D eigenvalue weighted by Gasteiger charge is -2.18. The Bertz CT molecular complexity index is 1180. The summed E-state index contributed by atoms with van der Waals surface area (Å²) in [4.78, 5) is 30.5. The molecular formula is C24H17ClN2O3. The van der Waals surface area contributed by atoms with Crippen LogP contribution in [0.5, 0.6) is 0 Å². The molecule has 1 heterocycles. The van der Waals surface area contributed by atoms with Gasteiger partial charge in [-0.15, -0.1) is 0 Å². The molecule has 5 nitrogen and oxygen atoms in total. The fraction of sp³-hybridized carbons (Fsp3) is 0.0417. The Morgan fingerprint density at radius 2 is 1.60 bits per heavy atom. The van der Waals surface area contributed by atoms with Gasteiger partial charge in [0.1, 0.15) is 11.5 Å². The minimum absolute atomic E-state index is 0.182. The quantitative estimate of drug-likeness (QED) is 0.595. The van der Waals surface area contributed by atoms with Gasteiger partial charge in [0.25, 0.3) is 5.91 Å². The zero-order chi connectivity index (χ0) is 21.3. The fourth-order valence-electron chi connectivity index (χ4n) is 3.12. The van der Waals surface area contributed by atoms with Gasteiger partial charge in [0, 0.05) is 10.6 Å². The van der Waals surface area contributed by atoms with Gasteiger partial charge in [-0.3, -0.25) is 9.69 Å². The second kappa shape index (κ2) is 7.97. The molecule has 0 spiro atoms. The van der Waals surface area contributed by atoms with E-state index in [0.717, 1.165) is 11.1 Å². The number of carbonyl (C=O) groups is 2. The minimum Gasteiger partial charge on any atom is -0.478 e. The molecule has 0 radical (unpaired) electrons. The Hall–Kier alpha value is -3.70. The number of hydrogen-bond acceptors (Lipinski definition) is 3. The summed E-state index contributed by atoms with van der Waals surface area (Å²) in [7, 11) is 0. The summed E-state index contributed by atoms with van der Waals surface area (Å²) in [5, 5.41) is 9.65. The molecule has 1 N–H and O–H groups in total. The Morgan fingerprint density at radius 1 is 0.967 bits per heavy atom. The summed E-state index contributed by atoms with van der Waals surface area (Å²) in [5.74, 6) is -0.750. The molecule has 148 valence electrons. The van der Waals surface area contributed by atoms with E-state index < -0.39 is 5.97 Å². The minimum atomic E-state index is -1.00. The monoisotopic (exact) mass is 416 g/mol. The average Bonchev–Trinajstić information content (AvgIpc) is 3.06. The first-order valence-electron chi connectivity index (χ1n) is 9.23. The predicted octanol–water partition coefficient (Wildman–Crippen LogP) is 5.18. The summed E-state index contributed by atoms with van der Waals surface area (Å²) >= 11 is 6.02. The Kier molecular flexibility index (Phi) is 5.21. The highest BCUT2D eigenvalue weighted by Crippen LogP contribution is 2.28. The summed E-state index contributed by atoms with van der Waals surface area (Å²) in [6, 6.07) is 21.1.